The van der Waals surface area contributed by atoms with Crippen molar-refractivity contribution < 1.29 is 9.53 Å². The Morgan fingerprint density at radius 3 is 2.54 bits per heavy atom. The Labute approximate surface area is 80.7 Å². The minimum atomic E-state index is -0.182. The van der Waals surface area contributed by atoms with Crippen molar-refractivity contribution >= 4 is 5.97 Å². The van der Waals surface area contributed by atoms with Crippen LogP contribution >= 0.6 is 0 Å². The minimum absolute atomic E-state index is 0.169. The first-order valence-electron chi connectivity index (χ1n) is 4.68. The standard InChI is InChI=1S/C11H18O2/c1-5-6-10(4)11(12)13-8-7-9(2)3/h1,9-10H,6-8H2,2-4H3. The highest BCUT2D eigenvalue weighted by atomic mass is 16.5. The molecule has 0 amide bonds. The normalized spacial score (nSPS) is 12.2. The monoisotopic (exact) mass is 182 g/mol. The van der Waals surface area contributed by atoms with Crippen molar-refractivity contribution in [3.05, 3.63) is 0 Å². The van der Waals surface area contributed by atoms with Crippen LogP contribution in [0.5, 0.6) is 0 Å². The molecule has 1 unspecified atom stereocenters. The van der Waals surface area contributed by atoms with E-state index in [-0.39, 0.29) is 11.9 Å². The molecular formula is C11H18O2. The van der Waals surface area contributed by atoms with Gasteiger partial charge in [-0.15, -0.1) is 12.3 Å². The van der Waals surface area contributed by atoms with Crippen LogP contribution in [0.25, 0.3) is 0 Å². The van der Waals surface area contributed by atoms with Crippen LogP contribution in [0.2, 0.25) is 0 Å². The van der Waals surface area contributed by atoms with Crippen molar-refractivity contribution in [2.45, 2.75) is 33.6 Å². The van der Waals surface area contributed by atoms with E-state index in [4.69, 9.17) is 11.2 Å². The first kappa shape index (κ1) is 12.0. The molecule has 0 aromatic heterocycles. The predicted molar refractivity (Wildman–Crippen MR) is 53.0 cm³/mol. The van der Waals surface area contributed by atoms with E-state index in [0.717, 1.165) is 6.42 Å². The number of carbonyl (C=O) groups is 1. The van der Waals surface area contributed by atoms with Gasteiger partial charge in [0.25, 0.3) is 0 Å². The van der Waals surface area contributed by atoms with Crippen molar-refractivity contribution in [3.63, 3.8) is 0 Å². The number of esters is 1. The SMILES string of the molecule is C#CCC(C)C(=O)OCCC(C)C. The summed E-state index contributed by atoms with van der Waals surface area (Å²) in [5.74, 6) is 2.66. The number of carbonyl (C=O) groups excluding carboxylic acids is 1. The van der Waals surface area contributed by atoms with E-state index in [2.05, 4.69) is 19.8 Å². The highest BCUT2D eigenvalue weighted by Crippen LogP contribution is 2.05. The summed E-state index contributed by atoms with van der Waals surface area (Å²) in [5.41, 5.74) is 0. The molecule has 0 spiro atoms. The molecule has 0 saturated heterocycles. The summed E-state index contributed by atoms with van der Waals surface area (Å²) in [7, 11) is 0. The molecule has 13 heavy (non-hydrogen) atoms. The van der Waals surface area contributed by atoms with Crippen molar-refractivity contribution in [1.29, 1.82) is 0 Å². The smallest absolute Gasteiger partial charge is 0.309 e. The van der Waals surface area contributed by atoms with Gasteiger partial charge in [0.15, 0.2) is 0 Å². The van der Waals surface area contributed by atoms with Gasteiger partial charge in [-0.3, -0.25) is 4.79 Å². The van der Waals surface area contributed by atoms with Crippen LogP contribution in [0, 0.1) is 24.2 Å². The van der Waals surface area contributed by atoms with E-state index in [1.165, 1.54) is 0 Å². The van der Waals surface area contributed by atoms with Crippen LogP contribution in [0.1, 0.15) is 33.6 Å². The zero-order chi connectivity index (χ0) is 10.3. The molecule has 2 nitrogen and oxygen atoms in total. The second kappa shape index (κ2) is 6.54. The highest BCUT2D eigenvalue weighted by molar-refractivity contribution is 5.72. The third-order valence-corrected chi connectivity index (χ3v) is 1.77. The Kier molecular flexibility index (Phi) is 6.05. The first-order valence-corrected chi connectivity index (χ1v) is 4.68. The van der Waals surface area contributed by atoms with Crippen molar-refractivity contribution in [1.82, 2.24) is 0 Å². The quantitative estimate of drug-likeness (QED) is 0.481. The lowest BCUT2D eigenvalue weighted by Gasteiger charge is -2.09. The number of terminal acetylenes is 1. The van der Waals surface area contributed by atoms with E-state index < -0.39 is 0 Å². The zero-order valence-electron chi connectivity index (χ0n) is 8.67. The molecular weight excluding hydrogens is 164 g/mol. The molecule has 0 aromatic carbocycles. The van der Waals surface area contributed by atoms with E-state index in [9.17, 15) is 4.79 Å². The van der Waals surface area contributed by atoms with Crippen LogP contribution in [0.4, 0.5) is 0 Å². The molecule has 2 heteroatoms. The average Bonchev–Trinajstić information content (AvgIpc) is 2.04. The van der Waals surface area contributed by atoms with E-state index >= 15 is 0 Å². The number of ether oxygens (including phenoxy) is 1. The van der Waals surface area contributed by atoms with Gasteiger partial charge in [0, 0.05) is 6.42 Å². The lowest BCUT2D eigenvalue weighted by molar-refractivity contribution is -0.148. The molecule has 0 bridgehead atoms. The molecule has 1 atom stereocenters. The first-order chi connectivity index (χ1) is 6.07. The molecule has 0 saturated carbocycles. The Morgan fingerprint density at radius 2 is 2.08 bits per heavy atom. The van der Waals surface area contributed by atoms with Gasteiger partial charge in [-0.2, -0.15) is 0 Å². The highest BCUT2D eigenvalue weighted by Gasteiger charge is 2.12. The van der Waals surface area contributed by atoms with Gasteiger partial charge in [-0.1, -0.05) is 20.8 Å². The van der Waals surface area contributed by atoms with Crippen LogP contribution in [0.3, 0.4) is 0 Å². The summed E-state index contributed by atoms with van der Waals surface area (Å²) < 4.78 is 5.03. The minimum Gasteiger partial charge on any atom is -0.465 e. The summed E-state index contributed by atoms with van der Waals surface area (Å²) in [6.07, 6.45) is 6.46. The van der Waals surface area contributed by atoms with Gasteiger partial charge < -0.3 is 4.74 Å². The molecule has 74 valence electrons. The summed E-state index contributed by atoms with van der Waals surface area (Å²) in [6.45, 7) is 6.49. The predicted octanol–water partition coefficient (Wildman–Crippen LogP) is 2.24. The Bertz CT molecular complexity index is 189. The summed E-state index contributed by atoms with van der Waals surface area (Å²) in [6, 6.07) is 0. The second-order valence-corrected chi connectivity index (χ2v) is 3.66. The fourth-order valence-electron chi connectivity index (χ4n) is 0.798. The molecule has 0 aliphatic rings. The lowest BCUT2D eigenvalue weighted by Crippen LogP contribution is -2.15. The fraction of sp³-hybridized carbons (Fsp3) is 0.727. The van der Waals surface area contributed by atoms with Crippen LogP contribution < -0.4 is 0 Å². The maximum Gasteiger partial charge on any atom is 0.309 e. The summed E-state index contributed by atoms with van der Waals surface area (Å²) in [4.78, 5) is 11.2. The van der Waals surface area contributed by atoms with Crippen molar-refractivity contribution in [3.8, 4) is 12.3 Å². The van der Waals surface area contributed by atoms with Crippen molar-refractivity contribution in [2.75, 3.05) is 6.61 Å². The van der Waals surface area contributed by atoms with Gasteiger partial charge in [-0.05, 0) is 12.3 Å². The second-order valence-electron chi connectivity index (χ2n) is 3.66. The van der Waals surface area contributed by atoms with E-state index in [1.807, 2.05) is 0 Å². The van der Waals surface area contributed by atoms with Crippen molar-refractivity contribution in [2.24, 2.45) is 11.8 Å². The van der Waals surface area contributed by atoms with Crippen LogP contribution in [0.15, 0.2) is 0 Å². The topological polar surface area (TPSA) is 26.3 Å². The fourth-order valence-corrected chi connectivity index (χ4v) is 0.798. The largest absolute Gasteiger partial charge is 0.465 e. The molecule has 0 aromatic rings. The van der Waals surface area contributed by atoms with Crippen LogP contribution in [-0.4, -0.2) is 12.6 Å². The van der Waals surface area contributed by atoms with Gasteiger partial charge in [0.05, 0.1) is 12.5 Å². The average molecular weight is 182 g/mol. The molecule has 0 aliphatic carbocycles. The van der Waals surface area contributed by atoms with Gasteiger partial charge >= 0.3 is 5.97 Å². The maximum atomic E-state index is 11.2. The van der Waals surface area contributed by atoms with E-state index in [0.29, 0.717) is 18.9 Å². The summed E-state index contributed by atoms with van der Waals surface area (Å²) >= 11 is 0. The van der Waals surface area contributed by atoms with Crippen LogP contribution in [-0.2, 0) is 9.53 Å². The van der Waals surface area contributed by atoms with E-state index in [1.54, 1.807) is 6.92 Å². The lowest BCUT2D eigenvalue weighted by atomic mass is 10.1. The number of rotatable bonds is 5. The van der Waals surface area contributed by atoms with Gasteiger partial charge in [-0.25, -0.2) is 0 Å². The number of hydrogen-bond acceptors (Lipinski definition) is 2. The molecule has 0 fully saturated rings. The molecule has 0 rings (SSSR count). The number of hydrogen-bond donors (Lipinski definition) is 0. The Hall–Kier alpha value is -0.970. The summed E-state index contributed by atoms with van der Waals surface area (Å²) in [5, 5.41) is 0. The Balaban J connectivity index is 3.57. The Morgan fingerprint density at radius 1 is 1.46 bits per heavy atom. The third kappa shape index (κ3) is 6.21. The molecule has 0 aliphatic heterocycles. The maximum absolute atomic E-state index is 11.2. The third-order valence-electron chi connectivity index (χ3n) is 1.77. The van der Waals surface area contributed by atoms with Gasteiger partial charge in [0.2, 0.25) is 0 Å². The molecule has 0 radical (unpaired) electrons. The zero-order valence-corrected chi connectivity index (χ0v) is 8.67. The van der Waals surface area contributed by atoms with Gasteiger partial charge in [0.1, 0.15) is 0 Å². The molecule has 0 N–H and O–H groups in total. The molecule has 0 heterocycles.